The fourth-order valence-corrected chi connectivity index (χ4v) is 3.63. The van der Waals surface area contributed by atoms with Crippen molar-refractivity contribution < 1.29 is 0 Å². The Morgan fingerprint density at radius 1 is 1.14 bits per heavy atom. The highest BCUT2D eigenvalue weighted by Gasteiger charge is 2.10. The average molecular weight is 371 g/mol. The second-order valence-electron chi connectivity index (χ2n) is 7.44. The fraction of sp³-hybridized carbons (Fsp3) is 0.269. The third-order valence-corrected chi connectivity index (χ3v) is 5.12. The van der Waals surface area contributed by atoms with Crippen LogP contribution in [-0.2, 0) is 6.42 Å². The smallest absolute Gasteiger partial charge is 0.0622 e. The van der Waals surface area contributed by atoms with Gasteiger partial charge < -0.3 is 5.32 Å². The first-order chi connectivity index (χ1) is 13.6. The maximum Gasteiger partial charge on any atom is 0.0622 e. The summed E-state index contributed by atoms with van der Waals surface area (Å²) >= 11 is 0. The molecule has 0 bridgehead atoms. The van der Waals surface area contributed by atoms with Gasteiger partial charge in [-0.1, -0.05) is 73.7 Å². The molecular weight excluding hydrogens is 340 g/mol. The van der Waals surface area contributed by atoms with Crippen molar-refractivity contribution >= 4 is 11.8 Å². The van der Waals surface area contributed by atoms with Crippen molar-refractivity contribution in [2.75, 3.05) is 6.54 Å². The van der Waals surface area contributed by atoms with E-state index < -0.39 is 0 Å². The molecule has 1 aliphatic rings. The van der Waals surface area contributed by atoms with Crippen molar-refractivity contribution in [3.8, 4) is 11.1 Å². The molecule has 1 unspecified atom stereocenters. The third-order valence-electron chi connectivity index (χ3n) is 5.12. The Morgan fingerprint density at radius 2 is 1.89 bits per heavy atom. The first-order valence-electron chi connectivity index (χ1n) is 10.1. The Balaban J connectivity index is 1.85. The Kier molecular flexibility index (Phi) is 6.65. The van der Waals surface area contributed by atoms with Crippen molar-refractivity contribution in [1.29, 1.82) is 0 Å². The van der Waals surface area contributed by atoms with Gasteiger partial charge in [0.1, 0.15) is 0 Å². The van der Waals surface area contributed by atoms with Crippen LogP contribution in [0.25, 0.3) is 16.7 Å². The maximum atomic E-state index is 4.58. The van der Waals surface area contributed by atoms with Gasteiger partial charge in [-0.25, -0.2) is 0 Å². The number of aliphatic imine (C=N–C) groups is 1. The van der Waals surface area contributed by atoms with E-state index in [1.807, 2.05) is 12.3 Å². The molecule has 0 amide bonds. The Bertz CT molecular complexity index is 914. The number of benzene rings is 2. The highest BCUT2D eigenvalue weighted by atomic mass is 14.9. The van der Waals surface area contributed by atoms with Gasteiger partial charge in [0.05, 0.1) is 6.54 Å². The molecule has 0 fully saturated rings. The van der Waals surface area contributed by atoms with E-state index in [4.69, 9.17) is 0 Å². The minimum atomic E-state index is 0.315. The summed E-state index contributed by atoms with van der Waals surface area (Å²) in [5.41, 5.74) is 8.77. The Morgan fingerprint density at radius 3 is 2.61 bits per heavy atom. The standard InChI is InChI=1S/C26H30N2/c1-5-26-23(18-27-16-8-9-20(4)28-26)17-21-12-14-22(15-13-21)25-11-7-6-10-24(25)19(2)3/h6-16,20,28H,2,5,17-18H2,1,3-4H3/b9-8-,26-23-,27-16?. The number of rotatable bonds is 5. The summed E-state index contributed by atoms with van der Waals surface area (Å²) in [6.45, 7) is 11.3. The molecule has 0 radical (unpaired) electrons. The lowest BCUT2D eigenvalue weighted by Gasteiger charge is -2.18. The van der Waals surface area contributed by atoms with Gasteiger partial charge in [0.15, 0.2) is 0 Å². The van der Waals surface area contributed by atoms with Gasteiger partial charge in [0.25, 0.3) is 0 Å². The molecule has 1 aliphatic heterocycles. The second kappa shape index (κ2) is 9.36. The summed E-state index contributed by atoms with van der Waals surface area (Å²) in [7, 11) is 0. The van der Waals surface area contributed by atoms with E-state index in [1.165, 1.54) is 33.5 Å². The van der Waals surface area contributed by atoms with Gasteiger partial charge >= 0.3 is 0 Å². The summed E-state index contributed by atoms with van der Waals surface area (Å²) in [6.07, 6.45) is 8.00. The fourth-order valence-electron chi connectivity index (χ4n) is 3.63. The lowest BCUT2D eigenvalue weighted by atomic mass is 9.94. The van der Waals surface area contributed by atoms with Crippen molar-refractivity contribution in [2.24, 2.45) is 4.99 Å². The van der Waals surface area contributed by atoms with Crippen molar-refractivity contribution in [2.45, 2.75) is 39.7 Å². The quantitative estimate of drug-likeness (QED) is 0.664. The highest BCUT2D eigenvalue weighted by molar-refractivity contribution is 5.79. The number of nitrogens with one attached hydrogen (secondary N) is 1. The molecule has 0 aliphatic carbocycles. The minimum Gasteiger partial charge on any atom is -0.382 e. The van der Waals surface area contributed by atoms with Crippen LogP contribution in [0, 0.1) is 0 Å². The van der Waals surface area contributed by atoms with Crippen LogP contribution in [0.15, 0.2) is 83.5 Å². The van der Waals surface area contributed by atoms with E-state index in [0.29, 0.717) is 6.04 Å². The molecule has 28 heavy (non-hydrogen) atoms. The molecule has 0 saturated heterocycles. The zero-order valence-corrected chi connectivity index (χ0v) is 17.2. The first-order valence-corrected chi connectivity index (χ1v) is 10.1. The summed E-state index contributed by atoms with van der Waals surface area (Å²) in [5.74, 6) is 0. The molecule has 1 atom stereocenters. The van der Waals surface area contributed by atoms with E-state index in [-0.39, 0.29) is 0 Å². The van der Waals surface area contributed by atoms with Crippen molar-refractivity contribution in [1.82, 2.24) is 5.32 Å². The van der Waals surface area contributed by atoms with E-state index in [2.05, 4.69) is 92.3 Å². The van der Waals surface area contributed by atoms with E-state index in [9.17, 15) is 0 Å². The van der Waals surface area contributed by atoms with Gasteiger partial charge in [0, 0.05) is 18.0 Å². The monoisotopic (exact) mass is 370 g/mol. The van der Waals surface area contributed by atoms with Crippen LogP contribution in [0.4, 0.5) is 0 Å². The number of allylic oxidation sites excluding steroid dienone is 3. The number of hydrogen-bond donors (Lipinski definition) is 1. The summed E-state index contributed by atoms with van der Waals surface area (Å²) in [5, 5.41) is 3.64. The molecule has 2 aromatic carbocycles. The second-order valence-corrected chi connectivity index (χ2v) is 7.44. The van der Waals surface area contributed by atoms with Crippen LogP contribution >= 0.6 is 0 Å². The van der Waals surface area contributed by atoms with Gasteiger partial charge in [-0.3, -0.25) is 4.99 Å². The largest absolute Gasteiger partial charge is 0.382 e. The lowest BCUT2D eigenvalue weighted by molar-refractivity contribution is 0.687. The number of hydrogen-bond acceptors (Lipinski definition) is 2. The molecule has 1 N–H and O–H groups in total. The number of nitrogens with zero attached hydrogens (tertiary/aromatic N) is 1. The Labute approximate surface area is 169 Å². The van der Waals surface area contributed by atoms with Crippen LogP contribution in [0.5, 0.6) is 0 Å². The minimum absolute atomic E-state index is 0.315. The zero-order valence-electron chi connectivity index (χ0n) is 17.2. The molecule has 2 nitrogen and oxygen atoms in total. The summed E-state index contributed by atoms with van der Waals surface area (Å²) in [6, 6.07) is 17.7. The summed E-state index contributed by atoms with van der Waals surface area (Å²) in [4.78, 5) is 4.58. The van der Waals surface area contributed by atoms with E-state index in [0.717, 1.165) is 25.0 Å². The molecule has 0 saturated carbocycles. The molecule has 0 aromatic heterocycles. The van der Waals surface area contributed by atoms with Crippen LogP contribution in [0.3, 0.4) is 0 Å². The predicted octanol–water partition coefficient (Wildman–Crippen LogP) is 6.21. The third kappa shape index (κ3) is 4.89. The molecule has 2 aromatic rings. The van der Waals surface area contributed by atoms with Crippen molar-refractivity contribution in [3.05, 3.63) is 89.7 Å². The van der Waals surface area contributed by atoms with Crippen LogP contribution < -0.4 is 5.32 Å². The van der Waals surface area contributed by atoms with Gasteiger partial charge in [0.2, 0.25) is 0 Å². The highest BCUT2D eigenvalue weighted by Crippen LogP contribution is 2.28. The van der Waals surface area contributed by atoms with Crippen LogP contribution in [0.2, 0.25) is 0 Å². The molecule has 144 valence electrons. The SMILES string of the molecule is C=C(C)c1ccccc1-c1ccc(C/C2=C(\CC)NC(C)/C=C\C=NC2)cc1. The topological polar surface area (TPSA) is 24.4 Å². The molecule has 1 heterocycles. The summed E-state index contributed by atoms with van der Waals surface area (Å²) < 4.78 is 0. The molecule has 2 heteroatoms. The first kappa shape index (κ1) is 19.9. The Hall–Kier alpha value is -2.87. The van der Waals surface area contributed by atoms with E-state index in [1.54, 1.807) is 0 Å². The van der Waals surface area contributed by atoms with Gasteiger partial charge in [-0.2, -0.15) is 0 Å². The van der Waals surface area contributed by atoms with Crippen LogP contribution in [-0.4, -0.2) is 18.8 Å². The zero-order chi connectivity index (χ0) is 19.9. The van der Waals surface area contributed by atoms with Gasteiger partial charge in [-0.05, 0) is 60.6 Å². The normalized spacial score (nSPS) is 20.6. The molecule has 3 rings (SSSR count). The van der Waals surface area contributed by atoms with Crippen molar-refractivity contribution in [3.63, 3.8) is 0 Å². The van der Waals surface area contributed by atoms with Gasteiger partial charge in [-0.15, -0.1) is 0 Å². The van der Waals surface area contributed by atoms with Crippen LogP contribution in [0.1, 0.15) is 38.3 Å². The predicted molar refractivity (Wildman–Crippen MR) is 123 cm³/mol. The molecule has 0 spiro atoms. The average Bonchev–Trinajstić information content (AvgIpc) is 2.79. The lowest BCUT2D eigenvalue weighted by Crippen LogP contribution is -2.25. The van der Waals surface area contributed by atoms with E-state index >= 15 is 0 Å². The molecular formula is C26H30N2. The maximum absolute atomic E-state index is 4.58.